The van der Waals surface area contributed by atoms with Crippen molar-refractivity contribution in [3.05, 3.63) is 59.9 Å². The van der Waals surface area contributed by atoms with E-state index in [2.05, 4.69) is 24.4 Å². The fourth-order valence-electron chi connectivity index (χ4n) is 2.82. The van der Waals surface area contributed by atoms with E-state index in [4.69, 9.17) is 0 Å². The molecule has 2 heterocycles. The number of piperazine rings is 1. The average Bonchev–Trinajstić information content (AvgIpc) is 2.96. The van der Waals surface area contributed by atoms with E-state index < -0.39 is 0 Å². The Morgan fingerprint density at radius 2 is 2.05 bits per heavy atom. The molecular formula is C17H21N3O. The van der Waals surface area contributed by atoms with Gasteiger partial charge in [0.2, 0.25) is 0 Å². The Morgan fingerprint density at radius 3 is 2.81 bits per heavy atom. The van der Waals surface area contributed by atoms with Crippen LogP contribution < -0.4 is 5.32 Å². The minimum Gasteiger partial charge on any atom is -0.339 e. The maximum absolute atomic E-state index is 12.8. The quantitative estimate of drug-likeness (QED) is 0.935. The zero-order chi connectivity index (χ0) is 14.7. The second-order valence-corrected chi connectivity index (χ2v) is 5.56. The van der Waals surface area contributed by atoms with Gasteiger partial charge in [-0.25, -0.2) is 0 Å². The predicted octanol–water partition coefficient (Wildman–Crippen LogP) is 1.97. The normalized spacial score (nSPS) is 18.7. The van der Waals surface area contributed by atoms with Crippen LogP contribution >= 0.6 is 0 Å². The van der Waals surface area contributed by atoms with Crippen LogP contribution in [0.15, 0.2) is 48.7 Å². The molecule has 0 aliphatic carbocycles. The second kappa shape index (κ2) is 6.14. The van der Waals surface area contributed by atoms with E-state index in [9.17, 15) is 4.79 Å². The van der Waals surface area contributed by atoms with E-state index in [1.54, 1.807) is 0 Å². The van der Waals surface area contributed by atoms with Crippen LogP contribution in [-0.4, -0.2) is 41.1 Å². The van der Waals surface area contributed by atoms with Crippen molar-refractivity contribution in [2.75, 3.05) is 19.6 Å². The molecule has 1 aliphatic rings. The lowest BCUT2D eigenvalue weighted by molar-refractivity contribution is 0.0645. The van der Waals surface area contributed by atoms with Crippen molar-refractivity contribution in [3.63, 3.8) is 0 Å². The van der Waals surface area contributed by atoms with E-state index in [0.717, 1.165) is 31.9 Å². The molecule has 2 aromatic rings. The van der Waals surface area contributed by atoms with Crippen molar-refractivity contribution < 1.29 is 4.79 Å². The highest BCUT2D eigenvalue weighted by Crippen LogP contribution is 2.13. The molecule has 1 aromatic heterocycles. The van der Waals surface area contributed by atoms with E-state index in [1.807, 2.05) is 46.0 Å². The Bertz CT molecular complexity index is 606. The summed E-state index contributed by atoms with van der Waals surface area (Å²) in [5.74, 6) is 0.130. The van der Waals surface area contributed by atoms with Gasteiger partial charge in [0, 0.05) is 38.4 Å². The zero-order valence-corrected chi connectivity index (χ0v) is 12.3. The zero-order valence-electron chi connectivity index (χ0n) is 12.3. The number of aromatic nitrogens is 1. The first-order valence-electron chi connectivity index (χ1n) is 7.46. The summed E-state index contributed by atoms with van der Waals surface area (Å²) in [7, 11) is 0. The molecule has 0 bridgehead atoms. The molecule has 4 heteroatoms. The second-order valence-electron chi connectivity index (χ2n) is 5.56. The average molecular weight is 283 g/mol. The third-order valence-electron chi connectivity index (χ3n) is 4.01. The number of carbonyl (C=O) groups is 1. The summed E-state index contributed by atoms with van der Waals surface area (Å²) in [6, 6.07) is 14.3. The fraction of sp³-hybridized carbons (Fsp3) is 0.353. The first-order valence-corrected chi connectivity index (χ1v) is 7.46. The summed E-state index contributed by atoms with van der Waals surface area (Å²) in [6.07, 6.45) is 1.98. The molecular weight excluding hydrogens is 262 g/mol. The number of nitrogens with zero attached hydrogens (tertiary/aromatic N) is 2. The number of hydrogen-bond donors (Lipinski definition) is 1. The summed E-state index contributed by atoms with van der Waals surface area (Å²) in [5, 5.41) is 3.32. The van der Waals surface area contributed by atoms with Crippen LogP contribution in [0.25, 0.3) is 0 Å². The van der Waals surface area contributed by atoms with Gasteiger partial charge in [0.1, 0.15) is 5.69 Å². The molecule has 1 fully saturated rings. The van der Waals surface area contributed by atoms with Gasteiger partial charge in [-0.05, 0) is 24.6 Å². The molecule has 3 rings (SSSR count). The smallest absolute Gasteiger partial charge is 0.270 e. The highest BCUT2D eigenvalue weighted by atomic mass is 16.2. The van der Waals surface area contributed by atoms with Crippen molar-refractivity contribution in [1.82, 2.24) is 14.8 Å². The van der Waals surface area contributed by atoms with Crippen molar-refractivity contribution in [3.8, 4) is 0 Å². The molecule has 1 amide bonds. The van der Waals surface area contributed by atoms with Gasteiger partial charge < -0.3 is 14.8 Å². The fourth-order valence-corrected chi connectivity index (χ4v) is 2.82. The highest BCUT2D eigenvalue weighted by Gasteiger charge is 2.25. The van der Waals surface area contributed by atoms with Crippen LogP contribution in [0, 0.1) is 0 Å². The molecule has 1 aromatic carbocycles. The van der Waals surface area contributed by atoms with Crippen LogP contribution in [0.4, 0.5) is 0 Å². The van der Waals surface area contributed by atoms with Crippen LogP contribution in [-0.2, 0) is 6.54 Å². The standard InChI is InChI=1S/C17H21N3O/c1-14-12-18-9-11-20(14)17(21)16-8-5-10-19(16)13-15-6-3-2-4-7-15/h2-8,10,14,18H,9,11-13H2,1H3/t14-/m0/s1. The SMILES string of the molecule is C[C@H]1CNCCN1C(=O)c1cccn1Cc1ccccc1. The van der Waals surface area contributed by atoms with Crippen LogP contribution in [0.3, 0.4) is 0 Å². The molecule has 0 unspecified atom stereocenters. The van der Waals surface area contributed by atoms with E-state index >= 15 is 0 Å². The van der Waals surface area contributed by atoms with Gasteiger partial charge >= 0.3 is 0 Å². The third-order valence-corrected chi connectivity index (χ3v) is 4.01. The third kappa shape index (κ3) is 3.00. The summed E-state index contributed by atoms with van der Waals surface area (Å²) >= 11 is 0. The van der Waals surface area contributed by atoms with Gasteiger partial charge in [-0.15, -0.1) is 0 Å². The number of amides is 1. The summed E-state index contributed by atoms with van der Waals surface area (Å²) < 4.78 is 2.03. The molecule has 1 N–H and O–H groups in total. The minimum atomic E-state index is 0.130. The number of nitrogens with one attached hydrogen (secondary N) is 1. The number of benzene rings is 1. The van der Waals surface area contributed by atoms with Gasteiger partial charge in [-0.3, -0.25) is 4.79 Å². The van der Waals surface area contributed by atoms with E-state index in [-0.39, 0.29) is 11.9 Å². The van der Waals surface area contributed by atoms with E-state index in [1.165, 1.54) is 5.56 Å². The topological polar surface area (TPSA) is 37.3 Å². The Balaban J connectivity index is 1.80. The largest absolute Gasteiger partial charge is 0.339 e. The van der Waals surface area contributed by atoms with Gasteiger partial charge in [-0.1, -0.05) is 30.3 Å². The van der Waals surface area contributed by atoms with Crippen molar-refractivity contribution in [2.24, 2.45) is 0 Å². The Kier molecular flexibility index (Phi) is 4.06. The number of hydrogen-bond acceptors (Lipinski definition) is 2. The molecule has 0 spiro atoms. The van der Waals surface area contributed by atoms with Crippen LogP contribution in [0.5, 0.6) is 0 Å². The molecule has 110 valence electrons. The monoisotopic (exact) mass is 283 g/mol. The van der Waals surface area contributed by atoms with Crippen LogP contribution in [0.1, 0.15) is 23.0 Å². The molecule has 4 nitrogen and oxygen atoms in total. The first kappa shape index (κ1) is 13.9. The Hall–Kier alpha value is -2.07. The number of rotatable bonds is 3. The molecule has 0 radical (unpaired) electrons. The van der Waals surface area contributed by atoms with Gasteiger partial charge in [-0.2, -0.15) is 0 Å². The first-order chi connectivity index (χ1) is 10.3. The molecule has 1 saturated heterocycles. The van der Waals surface area contributed by atoms with Crippen LogP contribution in [0.2, 0.25) is 0 Å². The lowest BCUT2D eigenvalue weighted by atomic mass is 10.2. The Morgan fingerprint density at radius 1 is 1.24 bits per heavy atom. The van der Waals surface area contributed by atoms with Crippen molar-refractivity contribution >= 4 is 5.91 Å². The molecule has 1 atom stereocenters. The van der Waals surface area contributed by atoms with Gasteiger partial charge in [0.05, 0.1) is 0 Å². The van der Waals surface area contributed by atoms with Gasteiger partial charge in [0.25, 0.3) is 5.91 Å². The predicted molar refractivity (Wildman–Crippen MR) is 83.3 cm³/mol. The highest BCUT2D eigenvalue weighted by molar-refractivity contribution is 5.93. The lowest BCUT2D eigenvalue weighted by Gasteiger charge is -2.34. The molecule has 0 saturated carbocycles. The number of carbonyl (C=O) groups excluding carboxylic acids is 1. The molecule has 21 heavy (non-hydrogen) atoms. The van der Waals surface area contributed by atoms with Crippen molar-refractivity contribution in [2.45, 2.75) is 19.5 Å². The summed E-state index contributed by atoms with van der Waals surface area (Å²) in [5.41, 5.74) is 1.98. The lowest BCUT2D eigenvalue weighted by Crippen LogP contribution is -2.52. The maximum atomic E-state index is 12.8. The summed E-state index contributed by atoms with van der Waals surface area (Å²) in [6.45, 7) is 5.33. The molecule has 1 aliphatic heterocycles. The maximum Gasteiger partial charge on any atom is 0.270 e. The van der Waals surface area contributed by atoms with Crippen molar-refractivity contribution in [1.29, 1.82) is 0 Å². The van der Waals surface area contributed by atoms with E-state index in [0.29, 0.717) is 0 Å². The Labute approximate surface area is 125 Å². The summed E-state index contributed by atoms with van der Waals surface area (Å²) in [4.78, 5) is 14.7. The van der Waals surface area contributed by atoms with Gasteiger partial charge in [0.15, 0.2) is 0 Å². The minimum absolute atomic E-state index is 0.130.